The Kier molecular flexibility index (Phi) is 6.92. The van der Waals surface area contributed by atoms with Gasteiger partial charge in [-0.2, -0.15) is 5.10 Å². The fourth-order valence-corrected chi connectivity index (χ4v) is 3.29. The number of hydrazone groups is 1. The van der Waals surface area contributed by atoms with Crippen molar-refractivity contribution in [3.8, 4) is 5.75 Å². The van der Waals surface area contributed by atoms with Gasteiger partial charge in [-0.15, -0.1) is 0 Å². The van der Waals surface area contributed by atoms with Crippen molar-refractivity contribution in [1.82, 2.24) is 15.4 Å². The first-order valence-electron chi connectivity index (χ1n) is 10.8. The van der Waals surface area contributed by atoms with Crippen molar-refractivity contribution >= 4 is 23.2 Å². The van der Waals surface area contributed by atoms with Gasteiger partial charge in [0.15, 0.2) is 0 Å². The zero-order valence-electron chi connectivity index (χ0n) is 18.0. The van der Waals surface area contributed by atoms with Crippen LogP contribution in [0.3, 0.4) is 0 Å². The molecule has 2 N–H and O–H groups in total. The van der Waals surface area contributed by atoms with Crippen molar-refractivity contribution < 1.29 is 9.53 Å². The van der Waals surface area contributed by atoms with Crippen molar-refractivity contribution in [2.24, 2.45) is 5.10 Å². The Labute approximate surface area is 187 Å². The number of carbonyl (C=O) groups is 1. The molecule has 1 aromatic heterocycles. The molecule has 1 amide bonds. The minimum Gasteiger partial charge on any atom is -0.494 e. The van der Waals surface area contributed by atoms with Crippen molar-refractivity contribution in [3.05, 3.63) is 95.3 Å². The van der Waals surface area contributed by atoms with Gasteiger partial charge in [0.2, 0.25) is 0 Å². The quantitative estimate of drug-likeness (QED) is 0.222. The second-order valence-electron chi connectivity index (χ2n) is 7.55. The molecule has 1 heterocycles. The topological polar surface area (TPSA) is 79.4 Å². The van der Waals surface area contributed by atoms with Gasteiger partial charge in [-0.25, -0.2) is 10.4 Å². The molecule has 0 saturated heterocycles. The fraction of sp³-hybridized carbons (Fsp3) is 0.192. The number of imidazole rings is 1. The van der Waals surface area contributed by atoms with E-state index in [0.29, 0.717) is 18.6 Å². The number of benzene rings is 3. The van der Waals surface area contributed by atoms with Crippen LogP contribution in [0.4, 0.5) is 0 Å². The van der Waals surface area contributed by atoms with Gasteiger partial charge in [0, 0.05) is 12.0 Å². The molecule has 0 saturated carbocycles. The number of H-pyrrole nitrogens is 1. The molecule has 3 aromatic carbocycles. The smallest absolute Gasteiger partial charge is 0.271 e. The van der Waals surface area contributed by atoms with E-state index in [1.54, 1.807) is 18.3 Å². The lowest BCUT2D eigenvalue weighted by molar-refractivity contribution is 0.0955. The van der Waals surface area contributed by atoms with Crippen molar-refractivity contribution in [1.29, 1.82) is 0 Å². The Morgan fingerprint density at radius 3 is 2.69 bits per heavy atom. The first kappa shape index (κ1) is 21.3. The monoisotopic (exact) mass is 426 g/mol. The van der Waals surface area contributed by atoms with Crippen LogP contribution >= 0.6 is 0 Å². The van der Waals surface area contributed by atoms with Gasteiger partial charge in [0.05, 0.1) is 23.9 Å². The highest BCUT2D eigenvalue weighted by Crippen LogP contribution is 2.16. The van der Waals surface area contributed by atoms with Crippen LogP contribution in [0.1, 0.15) is 47.1 Å². The number of aromatic amines is 1. The predicted molar refractivity (Wildman–Crippen MR) is 127 cm³/mol. The van der Waals surface area contributed by atoms with Crippen molar-refractivity contribution in [3.63, 3.8) is 0 Å². The summed E-state index contributed by atoms with van der Waals surface area (Å²) in [7, 11) is 0. The molecule has 0 aliphatic carbocycles. The number of unbranched alkanes of at least 4 members (excludes halogenated alkanes) is 1. The summed E-state index contributed by atoms with van der Waals surface area (Å²) >= 11 is 0. The van der Waals surface area contributed by atoms with Gasteiger partial charge in [-0.3, -0.25) is 4.79 Å². The van der Waals surface area contributed by atoms with Crippen LogP contribution in [0.2, 0.25) is 0 Å². The lowest BCUT2D eigenvalue weighted by Gasteiger charge is -2.05. The third kappa shape index (κ3) is 5.60. The molecule has 0 radical (unpaired) electrons. The Balaban J connectivity index is 1.36. The molecule has 4 rings (SSSR count). The Hall–Kier alpha value is -3.93. The molecule has 162 valence electrons. The van der Waals surface area contributed by atoms with Crippen molar-refractivity contribution in [2.75, 3.05) is 6.61 Å². The molecule has 0 bridgehead atoms. The SMILES string of the molecule is CCCCOc1ccc(/C=N\NC(=O)c2ccc3nc(Cc4ccccc4)[nH]c3c2)cc1. The van der Waals surface area contributed by atoms with Crippen LogP contribution < -0.4 is 10.2 Å². The molecule has 0 spiro atoms. The van der Waals surface area contributed by atoms with E-state index in [-0.39, 0.29) is 5.91 Å². The van der Waals surface area contributed by atoms with E-state index < -0.39 is 0 Å². The summed E-state index contributed by atoms with van der Waals surface area (Å²) in [5.74, 6) is 1.42. The number of amides is 1. The van der Waals surface area contributed by atoms with Gasteiger partial charge in [-0.1, -0.05) is 43.7 Å². The summed E-state index contributed by atoms with van der Waals surface area (Å²) in [6, 6.07) is 23.2. The maximum Gasteiger partial charge on any atom is 0.271 e. The van der Waals surface area contributed by atoms with Gasteiger partial charge in [0.1, 0.15) is 11.6 Å². The van der Waals surface area contributed by atoms with Crippen LogP contribution in [0.5, 0.6) is 5.75 Å². The number of aromatic nitrogens is 2. The average molecular weight is 427 g/mol. The molecule has 6 nitrogen and oxygen atoms in total. The predicted octanol–water partition coefficient (Wildman–Crippen LogP) is 5.10. The second kappa shape index (κ2) is 10.4. The molecular weight excluding hydrogens is 400 g/mol. The summed E-state index contributed by atoms with van der Waals surface area (Å²) in [4.78, 5) is 20.4. The minimum atomic E-state index is -0.276. The highest BCUT2D eigenvalue weighted by Gasteiger charge is 2.09. The molecule has 0 fully saturated rings. The van der Waals surface area contributed by atoms with Gasteiger partial charge >= 0.3 is 0 Å². The van der Waals surface area contributed by atoms with Gasteiger partial charge < -0.3 is 9.72 Å². The van der Waals surface area contributed by atoms with E-state index in [1.807, 2.05) is 48.5 Å². The van der Waals surface area contributed by atoms with Crippen LogP contribution in [0.15, 0.2) is 77.9 Å². The zero-order valence-corrected chi connectivity index (χ0v) is 18.0. The number of fused-ring (bicyclic) bond motifs is 1. The van der Waals surface area contributed by atoms with Gasteiger partial charge in [0.25, 0.3) is 5.91 Å². The summed E-state index contributed by atoms with van der Waals surface area (Å²) in [5.41, 5.74) is 6.81. The number of carbonyl (C=O) groups excluding carboxylic acids is 1. The third-order valence-electron chi connectivity index (χ3n) is 5.03. The molecule has 0 atom stereocenters. The first-order chi connectivity index (χ1) is 15.7. The minimum absolute atomic E-state index is 0.276. The molecule has 0 aliphatic rings. The molecular formula is C26H26N4O2. The molecule has 0 unspecified atom stereocenters. The van der Waals surface area contributed by atoms with E-state index in [9.17, 15) is 4.79 Å². The highest BCUT2D eigenvalue weighted by atomic mass is 16.5. The fourth-order valence-electron chi connectivity index (χ4n) is 3.29. The maximum absolute atomic E-state index is 12.5. The van der Waals surface area contributed by atoms with Gasteiger partial charge in [-0.05, 0) is 60.0 Å². The van der Waals surface area contributed by atoms with E-state index in [1.165, 1.54) is 5.56 Å². The standard InChI is InChI=1S/C26H26N4O2/c1-2-3-15-32-22-12-9-20(10-13-22)18-27-30-26(31)21-11-14-23-24(17-21)29-25(28-23)16-19-7-5-4-6-8-19/h4-14,17-18H,2-3,15-16H2,1H3,(H,28,29)(H,30,31)/b27-18-. The van der Waals surface area contributed by atoms with E-state index >= 15 is 0 Å². The Bertz CT molecular complexity index is 1200. The summed E-state index contributed by atoms with van der Waals surface area (Å²) in [6.07, 6.45) is 4.46. The lowest BCUT2D eigenvalue weighted by atomic mass is 10.1. The summed E-state index contributed by atoms with van der Waals surface area (Å²) < 4.78 is 5.65. The second-order valence-corrected chi connectivity index (χ2v) is 7.55. The zero-order chi connectivity index (χ0) is 22.2. The third-order valence-corrected chi connectivity index (χ3v) is 5.03. The first-order valence-corrected chi connectivity index (χ1v) is 10.8. The van der Waals surface area contributed by atoms with Crippen LogP contribution in [-0.4, -0.2) is 28.7 Å². The molecule has 32 heavy (non-hydrogen) atoms. The van der Waals surface area contributed by atoms with Crippen LogP contribution in [0, 0.1) is 0 Å². The van der Waals surface area contributed by atoms with Crippen LogP contribution in [-0.2, 0) is 6.42 Å². The Morgan fingerprint density at radius 1 is 1.09 bits per heavy atom. The normalized spacial score (nSPS) is 11.2. The number of nitrogens with zero attached hydrogens (tertiary/aromatic N) is 2. The van der Waals surface area contributed by atoms with Crippen LogP contribution in [0.25, 0.3) is 11.0 Å². The average Bonchev–Trinajstić information content (AvgIpc) is 3.22. The molecule has 4 aromatic rings. The number of hydrogen-bond donors (Lipinski definition) is 2. The van der Waals surface area contributed by atoms with E-state index in [2.05, 4.69) is 39.6 Å². The number of ether oxygens (including phenoxy) is 1. The van der Waals surface area contributed by atoms with E-state index in [0.717, 1.165) is 41.0 Å². The summed E-state index contributed by atoms with van der Waals surface area (Å²) in [5, 5.41) is 4.07. The largest absolute Gasteiger partial charge is 0.494 e. The lowest BCUT2D eigenvalue weighted by Crippen LogP contribution is -2.17. The van der Waals surface area contributed by atoms with E-state index in [4.69, 9.17) is 4.74 Å². The highest BCUT2D eigenvalue weighted by molar-refractivity contribution is 5.97. The number of hydrogen-bond acceptors (Lipinski definition) is 4. The maximum atomic E-state index is 12.5. The molecule has 0 aliphatic heterocycles. The van der Waals surface area contributed by atoms with Crippen molar-refractivity contribution in [2.45, 2.75) is 26.2 Å². The number of nitrogens with one attached hydrogen (secondary N) is 2. The summed E-state index contributed by atoms with van der Waals surface area (Å²) in [6.45, 7) is 2.85. The molecule has 6 heteroatoms. The Morgan fingerprint density at radius 2 is 1.91 bits per heavy atom. The number of rotatable bonds is 9.